The minimum Gasteiger partial charge on any atom is -0.491 e. The maximum absolute atomic E-state index is 13.9. The highest BCUT2D eigenvalue weighted by atomic mass is 35.5. The Morgan fingerprint density at radius 2 is 1.86 bits per heavy atom. The first-order valence-electron chi connectivity index (χ1n) is 10.2. The van der Waals surface area contributed by atoms with Crippen molar-refractivity contribution >= 4 is 34.4 Å². The zero-order chi connectivity index (χ0) is 24.6. The molecule has 1 unspecified atom stereocenters. The number of aromatic amines is 1. The monoisotopic (exact) mass is 523 g/mol. The molecule has 2 aromatic carbocycles. The van der Waals surface area contributed by atoms with Gasteiger partial charge in [0.25, 0.3) is 0 Å². The Morgan fingerprint density at radius 3 is 2.63 bits per heavy atom. The third kappa shape index (κ3) is 4.65. The average Bonchev–Trinajstić information content (AvgIpc) is 3.22. The Balaban J connectivity index is 1.33. The second kappa shape index (κ2) is 9.04. The number of benzene rings is 2. The molecule has 5 rings (SSSR count). The first-order valence-corrected chi connectivity index (χ1v) is 11.6. The molecule has 3 heterocycles. The molecule has 12 heteroatoms. The number of hydrogen-bond donors (Lipinski definition) is 1. The fourth-order valence-electron chi connectivity index (χ4n) is 3.40. The lowest BCUT2D eigenvalue weighted by Gasteiger charge is -2.33. The Bertz CT molecular complexity index is 1320. The van der Waals surface area contributed by atoms with Crippen LogP contribution in [0.5, 0.6) is 23.0 Å². The first-order chi connectivity index (χ1) is 16.8. The lowest BCUT2D eigenvalue weighted by molar-refractivity contribution is -0.303. The SMILES string of the molecule is COc1c(OCc2ccccc2)ccnc1CSc1nc2cc3c(cc2[nH]1)OC(F)(F)C(F)(Cl)O3. The number of ether oxygens (including phenoxy) is 4. The number of fused-ring (bicyclic) bond motifs is 2. The number of nitrogens with zero attached hydrogens (tertiary/aromatic N) is 2. The lowest BCUT2D eigenvalue weighted by Crippen LogP contribution is -2.51. The van der Waals surface area contributed by atoms with Gasteiger partial charge in [-0.15, -0.1) is 0 Å². The molecule has 0 spiro atoms. The van der Waals surface area contributed by atoms with Gasteiger partial charge in [-0.2, -0.15) is 13.2 Å². The number of thioether (sulfide) groups is 1. The molecule has 0 aliphatic carbocycles. The van der Waals surface area contributed by atoms with Gasteiger partial charge in [0.2, 0.25) is 0 Å². The molecule has 1 aliphatic heterocycles. The fraction of sp³-hybridized carbons (Fsp3) is 0.217. The highest BCUT2D eigenvalue weighted by Gasteiger charge is 2.63. The van der Waals surface area contributed by atoms with Crippen molar-refractivity contribution in [2.75, 3.05) is 7.11 Å². The number of methoxy groups -OCH3 is 1. The Morgan fingerprint density at radius 1 is 1.09 bits per heavy atom. The van der Waals surface area contributed by atoms with E-state index in [9.17, 15) is 13.2 Å². The van der Waals surface area contributed by atoms with Gasteiger partial charge in [0.1, 0.15) is 6.61 Å². The van der Waals surface area contributed by atoms with Gasteiger partial charge in [-0.1, -0.05) is 42.1 Å². The molecule has 0 saturated heterocycles. The quantitative estimate of drug-likeness (QED) is 0.233. The highest BCUT2D eigenvalue weighted by molar-refractivity contribution is 7.98. The second-order valence-corrected chi connectivity index (χ2v) is 8.90. The fourth-order valence-corrected chi connectivity index (χ4v) is 4.34. The van der Waals surface area contributed by atoms with Crippen molar-refractivity contribution in [2.45, 2.75) is 28.9 Å². The van der Waals surface area contributed by atoms with E-state index in [4.69, 9.17) is 21.1 Å². The molecule has 1 aliphatic rings. The maximum atomic E-state index is 13.9. The molecule has 7 nitrogen and oxygen atoms in total. The van der Waals surface area contributed by atoms with E-state index in [-0.39, 0.29) is 11.5 Å². The molecule has 0 radical (unpaired) electrons. The van der Waals surface area contributed by atoms with Crippen LogP contribution >= 0.6 is 23.4 Å². The number of rotatable bonds is 7. The van der Waals surface area contributed by atoms with E-state index in [0.29, 0.717) is 45.7 Å². The van der Waals surface area contributed by atoms with Crippen LogP contribution in [-0.4, -0.2) is 33.5 Å². The molecule has 35 heavy (non-hydrogen) atoms. The largest absolute Gasteiger partial charge is 0.491 e. The van der Waals surface area contributed by atoms with Crippen molar-refractivity contribution in [3.8, 4) is 23.0 Å². The van der Waals surface area contributed by atoms with Crippen LogP contribution in [0.4, 0.5) is 13.2 Å². The molecule has 4 aromatic rings. The van der Waals surface area contributed by atoms with Crippen molar-refractivity contribution in [1.29, 1.82) is 0 Å². The van der Waals surface area contributed by atoms with Crippen molar-refractivity contribution in [3.63, 3.8) is 0 Å². The van der Waals surface area contributed by atoms with Gasteiger partial charge in [0, 0.05) is 30.1 Å². The average molecular weight is 524 g/mol. The van der Waals surface area contributed by atoms with Crippen LogP contribution in [0.1, 0.15) is 11.3 Å². The molecule has 0 amide bonds. The van der Waals surface area contributed by atoms with Gasteiger partial charge in [0.15, 0.2) is 28.2 Å². The van der Waals surface area contributed by atoms with Gasteiger partial charge in [-0.3, -0.25) is 4.98 Å². The number of imidazole rings is 1. The van der Waals surface area contributed by atoms with E-state index in [1.165, 1.54) is 31.0 Å². The Kier molecular flexibility index (Phi) is 6.06. The van der Waals surface area contributed by atoms with E-state index in [1.807, 2.05) is 30.3 Å². The van der Waals surface area contributed by atoms with Gasteiger partial charge < -0.3 is 23.9 Å². The van der Waals surface area contributed by atoms with Crippen LogP contribution < -0.4 is 18.9 Å². The normalized spacial score (nSPS) is 18.4. The summed E-state index contributed by atoms with van der Waals surface area (Å²) < 4.78 is 61.8. The lowest BCUT2D eigenvalue weighted by atomic mass is 10.2. The van der Waals surface area contributed by atoms with Crippen molar-refractivity contribution in [1.82, 2.24) is 15.0 Å². The van der Waals surface area contributed by atoms with E-state index in [2.05, 4.69) is 24.4 Å². The molecule has 182 valence electrons. The zero-order valence-electron chi connectivity index (χ0n) is 18.1. The summed E-state index contributed by atoms with van der Waals surface area (Å²) in [6.07, 6.45) is -2.74. The molecule has 2 aromatic heterocycles. The predicted octanol–water partition coefficient (Wildman–Crippen LogP) is 6.06. The molecule has 1 atom stereocenters. The van der Waals surface area contributed by atoms with E-state index < -0.39 is 11.4 Å². The van der Waals surface area contributed by atoms with Crippen LogP contribution in [0.3, 0.4) is 0 Å². The molecule has 0 saturated carbocycles. The van der Waals surface area contributed by atoms with Crippen LogP contribution in [0.25, 0.3) is 11.0 Å². The minimum atomic E-state index is -4.36. The predicted molar refractivity (Wildman–Crippen MR) is 123 cm³/mol. The van der Waals surface area contributed by atoms with Crippen LogP contribution in [0, 0.1) is 0 Å². The number of halogens is 4. The summed E-state index contributed by atoms with van der Waals surface area (Å²) in [6, 6.07) is 14.0. The number of hydrogen-bond acceptors (Lipinski definition) is 7. The third-order valence-electron chi connectivity index (χ3n) is 5.07. The Hall–Kier alpha value is -3.31. The number of aromatic nitrogens is 3. The number of H-pyrrole nitrogens is 1. The molecule has 0 fully saturated rings. The van der Waals surface area contributed by atoms with E-state index >= 15 is 0 Å². The van der Waals surface area contributed by atoms with Crippen molar-refractivity contribution in [3.05, 3.63) is 66.0 Å². The summed E-state index contributed by atoms with van der Waals surface area (Å²) >= 11 is 6.44. The molecular formula is C23H17ClF3N3O4S. The summed E-state index contributed by atoms with van der Waals surface area (Å²) in [5.41, 5.74) is 2.38. The number of pyridine rings is 1. The van der Waals surface area contributed by atoms with E-state index in [1.54, 1.807) is 12.3 Å². The van der Waals surface area contributed by atoms with Crippen LogP contribution in [-0.2, 0) is 12.4 Å². The zero-order valence-corrected chi connectivity index (χ0v) is 19.6. The summed E-state index contributed by atoms with van der Waals surface area (Å²) in [5.74, 6) is 0.767. The number of alkyl halides is 4. The van der Waals surface area contributed by atoms with Gasteiger partial charge in [0.05, 0.1) is 23.8 Å². The van der Waals surface area contributed by atoms with Gasteiger partial charge >= 0.3 is 11.4 Å². The smallest absolute Gasteiger partial charge is 0.488 e. The summed E-state index contributed by atoms with van der Waals surface area (Å²) in [5, 5.41) is -3.36. The first kappa shape index (κ1) is 23.4. The topological polar surface area (TPSA) is 78.5 Å². The molecule has 0 bridgehead atoms. The van der Waals surface area contributed by atoms with E-state index in [0.717, 1.165) is 5.56 Å². The van der Waals surface area contributed by atoms with Gasteiger partial charge in [-0.25, -0.2) is 4.98 Å². The number of nitrogens with one attached hydrogen (secondary N) is 1. The van der Waals surface area contributed by atoms with Crippen molar-refractivity contribution < 1.29 is 32.1 Å². The van der Waals surface area contributed by atoms with Crippen molar-refractivity contribution in [2.24, 2.45) is 0 Å². The summed E-state index contributed by atoms with van der Waals surface area (Å²) in [4.78, 5) is 11.8. The maximum Gasteiger partial charge on any atom is 0.488 e. The summed E-state index contributed by atoms with van der Waals surface area (Å²) in [7, 11) is 1.53. The molecule has 1 N–H and O–H groups in total. The third-order valence-corrected chi connectivity index (χ3v) is 6.25. The van der Waals surface area contributed by atoms with Crippen LogP contribution in [0.2, 0.25) is 0 Å². The summed E-state index contributed by atoms with van der Waals surface area (Å²) in [6.45, 7) is 0.369. The molecular weight excluding hydrogens is 507 g/mol. The Labute approximate surface area is 206 Å². The standard InChI is InChI=1S/C23H17ClF3N3O4S/c1-31-20-16(28-8-7-17(20)32-11-13-5-3-2-4-6-13)12-35-21-29-14-9-18-19(10-15(14)30-21)34-23(26,27)22(24,25)33-18/h2-10H,11-12H2,1H3,(H,29,30). The van der Waals surface area contributed by atoms with Crippen LogP contribution in [0.15, 0.2) is 59.9 Å². The second-order valence-electron chi connectivity index (χ2n) is 7.45. The van der Waals surface area contributed by atoms with Gasteiger partial charge in [-0.05, 0) is 17.2 Å². The highest BCUT2D eigenvalue weighted by Crippen LogP contribution is 2.49. The minimum absolute atomic E-state index is 0.282.